The zero-order valence-corrected chi connectivity index (χ0v) is 17.9. The van der Waals surface area contributed by atoms with Crippen LogP contribution in [0.1, 0.15) is 28.7 Å². The van der Waals surface area contributed by atoms with E-state index in [0.29, 0.717) is 37.5 Å². The van der Waals surface area contributed by atoms with Gasteiger partial charge in [0.1, 0.15) is 11.8 Å². The van der Waals surface area contributed by atoms with Gasteiger partial charge >= 0.3 is 0 Å². The zero-order valence-electron chi connectivity index (χ0n) is 17.9. The Hall–Kier alpha value is -3.97. The van der Waals surface area contributed by atoms with Gasteiger partial charge in [-0.2, -0.15) is 5.26 Å². The highest BCUT2D eigenvalue weighted by Crippen LogP contribution is 2.28. The highest BCUT2D eigenvalue weighted by molar-refractivity contribution is 6.03. The Morgan fingerprint density at radius 3 is 2.84 bits per heavy atom. The average molecular weight is 433 g/mol. The van der Waals surface area contributed by atoms with Crippen LogP contribution in [0.4, 0.5) is 11.4 Å². The second kappa shape index (κ2) is 9.45. The van der Waals surface area contributed by atoms with Crippen molar-refractivity contribution in [2.75, 3.05) is 37.0 Å². The standard InChI is InChI=1S/C22H23N7O3/c1-15-13-28(10-11-32-15)20-5-3-4-19(18(20)12-23)24-22(30)21-25-26-27-29(21)14-16-6-8-17(31-2)9-7-16/h3-9,15H,10-11,13-14H2,1-2H3,(H,24,30). The van der Waals surface area contributed by atoms with Gasteiger partial charge in [0.25, 0.3) is 5.91 Å². The molecule has 1 aliphatic heterocycles. The smallest absolute Gasteiger partial charge is 0.295 e. The molecular weight excluding hydrogens is 410 g/mol. The van der Waals surface area contributed by atoms with Crippen LogP contribution in [0.2, 0.25) is 0 Å². The van der Waals surface area contributed by atoms with Crippen molar-refractivity contribution in [3.63, 3.8) is 0 Å². The highest BCUT2D eigenvalue weighted by Gasteiger charge is 2.23. The number of amides is 1. The summed E-state index contributed by atoms with van der Waals surface area (Å²) in [5.74, 6) is 0.296. The quantitative estimate of drug-likeness (QED) is 0.628. The average Bonchev–Trinajstić information content (AvgIpc) is 3.27. The van der Waals surface area contributed by atoms with Crippen LogP contribution in [0.15, 0.2) is 42.5 Å². The van der Waals surface area contributed by atoms with Gasteiger partial charge in [0, 0.05) is 13.1 Å². The van der Waals surface area contributed by atoms with E-state index < -0.39 is 5.91 Å². The summed E-state index contributed by atoms with van der Waals surface area (Å²) in [6.45, 7) is 4.24. The maximum Gasteiger partial charge on any atom is 0.295 e. The number of anilines is 2. The Morgan fingerprint density at radius 1 is 1.31 bits per heavy atom. The maximum atomic E-state index is 13.0. The normalized spacial score (nSPS) is 15.8. The molecule has 10 heteroatoms. The molecule has 32 heavy (non-hydrogen) atoms. The molecule has 1 aromatic heterocycles. The number of ether oxygens (including phenoxy) is 2. The lowest BCUT2D eigenvalue weighted by molar-refractivity contribution is 0.0532. The van der Waals surface area contributed by atoms with Crippen LogP contribution in [0, 0.1) is 11.3 Å². The fourth-order valence-electron chi connectivity index (χ4n) is 3.62. The van der Waals surface area contributed by atoms with Crippen molar-refractivity contribution in [2.45, 2.75) is 19.6 Å². The van der Waals surface area contributed by atoms with E-state index in [1.54, 1.807) is 13.2 Å². The number of nitrogens with one attached hydrogen (secondary N) is 1. The summed E-state index contributed by atoms with van der Waals surface area (Å²) in [6.07, 6.45) is 0.0659. The second-order valence-corrected chi connectivity index (χ2v) is 7.40. The molecule has 0 bridgehead atoms. The number of morpholine rings is 1. The molecule has 0 spiro atoms. The summed E-state index contributed by atoms with van der Waals surface area (Å²) in [6, 6.07) is 15.0. The summed E-state index contributed by atoms with van der Waals surface area (Å²) < 4.78 is 12.2. The van der Waals surface area contributed by atoms with Crippen LogP contribution < -0.4 is 15.0 Å². The number of nitriles is 1. The van der Waals surface area contributed by atoms with Crippen molar-refractivity contribution in [3.05, 3.63) is 59.4 Å². The predicted molar refractivity (Wildman–Crippen MR) is 117 cm³/mol. The van der Waals surface area contributed by atoms with Crippen molar-refractivity contribution in [2.24, 2.45) is 0 Å². The molecule has 1 saturated heterocycles. The van der Waals surface area contributed by atoms with Crippen LogP contribution in [-0.2, 0) is 11.3 Å². The van der Waals surface area contributed by atoms with E-state index in [1.165, 1.54) is 4.68 Å². The van der Waals surface area contributed by atoms with Gasteiger partial charge in [0.15, 0.2) is 0 Å². The molecule has 1 amide bonds. The van der Waals surface area contributed by atoms with Gasteiger partial charge in [-0.15, -0.1) is 5.10 Å². The minimum absolute atomic E-state index is 0.0510. The fraction of sp³-hybridized carbons (Fsp3) is 0.318. The molecule has 1 unspecified atom stereocenters. The van der Waals surface area contributed by atoms with Gasteiger partial charge in [0.2, 0.25) is 5.82 Å². The largest absolute Gasteiger partial charge is 0.497 e. The third-order valence-electron chi connectivity index (χ3n) is 5.21. The van der Waals surface area contributed by atoms with Crippen molar-refractivity contribution >= 4 is 17.3 Å². The lowest BCUT2D eigenvalue weighted by Gasteiger charge is -2.33. The van der Waals surface area contributed by atoms with Gasteiger partial charge in [-0.05, 0) is 47.2 Å². The third-order valence-corrected chi connectivity index (χ3v) is 5.21. The van der Waals surface area contributed by atoms with Crippen LogP contribution in [0.3, 0.4) is 0 Å². The first kappa shape index (κ1) is 21.3. The molecule has 3 aromatic rings. The summed E-state index contributed by atoms with van der Waals surface area (Å²) in [4.78, 5) is 15.1. The minimum Gasteiger partial charge on any atom is -0.497 e. The SMILES string of the molecule is COc1ccc(Cn2nnnc2C(=O)Nc2cccc(N3CCOC(C)C3)c2C#N)cc1. The number of benzene rings is 2. The first-order valence-corrected chi connectivity index (χ1v) is 10.2. The molecule has 1 atom stereocenters. The Balaban J connectivity index is 1.54. The Bertz CT molecular complexity index is 1140. The van der Waals surface area contributed by atoms with Crippen molar-refractivity contribution in [3.8, 4) is 11.8 Å². The van der Waals surface area contributed by atoms with E-state index in [4.69, 9.17) is 9.47 Å². The summed E-state index contributed by atoms with van der Waals surface area (Å²) in [5.41, 5.74) is 2.48. The number of rotatable bonds is 6. The topological polar surface area (TPSA) is 118 Å². The zero-order chi connectivity index (χ0) is 22.5. The molecule has 1 N–H and O–H groups in total. The Morgan fingerprint density at radius 2 is 2.12 bits per heavy atom. The first-order valence-electron chi connectivity index (χ1n) is 10.2. The number of tetrazole rings is 1. The number of nitrogens with zero attached hydrogens (tertiary/aromatic N) is 6. The monoisotopic (exact) mass is 433 g/mol. The molecule has 10 nitrogen and oxygen atoms in total. The molecule has 2 aromatic carbocycles. The number of hydrogen-bond acceptors (Lipinski definition) is 8. The molecule has 1 fully saturated rings. The molecule has 0 aliphatic carbocycles. The number of methoxy groups -OCH3 is 1. The van der Waals surface area contributed by atoms with E-state index in [1.807, 2.05) is 43.3 Å². The van der Waals surface area contributed by atoms with Crippen LogP contribution in [0.25, 0.3) is 0 Å². The van der Waals surface area contributed by atoms with Crippen LogP contribution in [-0.4, -0.2) is 59.0 Å². The van der Waals surface area contributed by atoms with Gasteiger partial charge in [-0.3, -0.25) is 4.79 Å². The Kier molecular flexibility index (Phi) is 6.28. The number of carbonyl (C=O) groups is 1. The van der Waals surface area contributed by atoms with Crippen LogP contribution in [0.5, 0.6) is 5.75 Å². The molecule has 164 valence electrons. The van der Waals surface area contributed by atoms with E-state index >= 15 is 0 Å². The van der Waals surface area contributed by atoms with Gasteiger partial charge in [0.05, 0.1) is 43.3 Å². The number of aromatic nitrogens is 4. The molecule has 0 radical (unpaired) electrons. The maximum absolute atomic E-state index is 13.0. The predicted octanol–water partition coefficient (Wildman–Crippen LogP) is 2.08. The van der Waals surface area contributed by atoms with E-state index in [0.717, 1.165) is 17.0 Å². The van der Waals surface area contributed by atoms with Gasteiger partial charge in [-0.1, -0.05) is 18.2 Å². The van der Waals surface area contributed by atoms with Crippen molar-refractivity contribution in [1.82, 2.24) is 20.2 Å². The first-order chi connectivity index (χ1) is 15.6. The van der Waals surface area contributed by atoms with Crippen molar-refractivity contribution in [1.29, 1.82) is 5.26 Å². The lowest BCUT2D eigenvalue weighted by atomic mass is 10.1. The minimum atomic E-state index is -0.493. The fourth-order valence-corrected chi connectivity index (χ4v) is 3.62. The molecule has 4 rings (SSSR count). The second-order valence-electron chi connectivity index (χ2n) is 7.40. The van der Waals surface area contributed by atoms with Crippen molar-refractivity contribution < 1.29 is 14.3 Å². The summed E-state index contributed by atoms with van der Waals surface area (Å²) in [5, 5.41) is 24.1. The summed E-state index contributed by atoms with van der Waals surface area (Å²) >= 11 is 0. The Labute approximate surface area is 185 Å². The lowest BCUT2D eigenvalue weighted by Crippen LogP contribution is -2.41. The molecule has 2 heterocycles. The van der Waals surface area contributed by atoms with E-state index in [2.05, 4.69) is 31.8 Å². The van der Waals surface area contributed by atoms with Crippen LogP contribution >= 0.6 is 0 Å². The number of hydrogen-bond donors (Lipinski definition) is 1. The summed E-state index contributed by atoms with van der Waals surface area (Å²) in [7, 11) is 1.60. The number of carbonyl (C=O) groups excluding carboxylic acids is 1. The highest BCUT2D eigenvalue weighted by atomic mass is 16.5. The van der Waals surface area contributed by atoms with E-state index in [-0.39, 0.29) is 11.9 Å². The molecule has 0 saturated carbocycles. The van der Waals surface area contributed by atoms with Gasteiger partial charge in [-0.25, -0.2) is 4.68 Å². The van der Waals surface area contributed by atoms with E-state index in [9.17, 15) is 10.1 Å². The van der Waals surface area contributed by atoms with Gasteiger partial charge < -0.3 is 19.7 Å². The third kappa shape index (κ3) is 4.53. The molecular formula is C22H23N7O3. The molecule has 1 aliphatic rings.